The third-order valence-corrected chi connectivity index (χ3v) is 5.83. The number of benzene rings is 1. The molecular weight excluding hydrogens is 281 g/mol. The van der Waals surface area contributed by atoms with Gasteiger partial charge in [-0.05, 0) is 43.7 Å². The van der Waals surface area contributed by atoms with Crippen LogP contribution in [0.1, 0.15) is 44.2 Å². The van der Waals surface area contributed by atoms with Crippen LogP contribution in [0.2, 0.25) is 5.02 Å². The highest BCUT2D eigenvalue weighted by molar-refractivity contribution is 8.00. The normalized spacial score (nSPS) is 19.6. The Balaban J connectivity index is 1.96. The minimum Gasteiger partial charge on any atom is -0.309 e. The summed E-state index contributed by atoms with van der Waals surface area (Å²) < 4.78 is 13.5. The van der Waals surface area contributed by atoms with Gasteiger partial charge in [0.15, 0.2) is 0 Å². The van der Waals surface area contributed by atoms with E-state index in [0.717, 1.165) is 12.1 Å². The molecule has 4 heteroatoms. The first-order valence-corrected chi connectivity index (χ1v) is 8.40. The van der Waals surface area contributed by atoms with E-state index in [-0.39, 0.29) is 16.9 Å². The molecule has 1 saturated carbocycles. The summed E-state index contributed by atoms with van der Waals surface area (Å²) in [7, 11) is 0. The standard InChI is InChI=1S/C15H21ClFNS/c1-11(12-5-6-14(17)13(16)9-12)18-10-15(19-2)7-3-4-8-15/h5-6,9,11,18H,3-4,7-8,10H2,1-2H3. The lowest BCUT2D eigenvalue weighted by molar-refractivity contribution is 0.486. The summed E-state index contributed by atoms with van der Waals surface area (Å²) in [5.41, 5.74) is 1.04. The molecule has 1 atom stereocenters. The van der Waals surface area contributed by atoms with Crippen molar-refractivity contribution in [3.8, 4) is 0 Å². The molecule has 1 aliphatic carbocycles. The molecule has 1 fully saturated rings. The fourth-order valence-electron chi connectivity index (χ4n) is 2.71. The summed E-state index contributed by atoms with van der Waals surface area (Å²) in [5, 5.41) is 3.78. The van der Waals surface area contributed by atoms with Crippen LogP contribution in [-0.4, -0.2) is 17.5 Å². The van der Waals surface area contributed by atoms with E-state index in [1.54, 1.807) is 12.1 Å². The first-order chi connectivity index (χ1) is 9.06. The number of hydrogen-bond acceptors (Lipinski definition) is 2. The zero-order chi connectivity index (χ0) is 13.9. The SMILES string of the molecule is CSC1(CNC(C)c2ccc(F)c(Cl)c2)CCCC1. The van der Waals surface area contributed by atoms with E-state index in [1.165, 1.54) is 31.7 Å². The van der Waals surface area contributed by atoms with Gasteiger partial charge in [-0.2, -0.15) is 11.8 Å². The number of thioether (sulfide) groups is 1. The molecule has 0 amide bonds. The van der Waals surface area contributed by atoms with E-state index in [0.29, 0.717) is 4.75 Å². The highest BCUT2D eigenvalue weighted by atomic mass is 35.5. The van der Waals surface area contributed by atoms with Crippen LogP contribution < -0.4 is 5.32 Å². The molecule has 0 saturated heterocycles. The lowest BCUT2D eigenvalue weighted by atomic mass is 10.0. The van der Waals surface area contributed by atoms with Crippen molar-refractivity contribution >= 4 is 23.4 Å². The maximum absolute atomic E-state index is 13.2. The van der Waals surface area contributed by atoms with Crippen molar-refractivity contribution in [1.29, 1.82) is 0 Å². The molecule has 1 N–H and O–H groups in total. The van der Waals surface area contributed by atoms with E-state index in [9.17, 15) is 4.39 Å². The van der Waals surface area contributed by atoms with Crippen molar-refractivity contribution in [2.45, 2.75) is 43.4 Å². The van der Waals surface area contributed by atoms with Crippen LogP contribution >= 0.6 is 23.4 Å². The summed E-state index contributed by atoms with van der Waals surface area (Å²) in [4.78, 5) is 0. The van der Waals surface area contributed by atoms with Gasteiger partial charge in [-0.3, -0.25) is 0 Å². The molecule has 1 aromatic carbocycles. The van der Waals surface area contributed by atoms with Crippen LogP contribution in [-0.2, 0) is 0 Å². The van der Waals surface area contributed by atoms with Gasteiger partial charge in [0, 0.05) is 17.3 Å². The second kappa shape index (κ2) is 6.47. The van der Waals surface area contributed by atoms with Crippen LogP contribution in [0.5, 0.6) is 0 Å². The summed E-state index contributed by atoms with van der Waals surface area (Å²) in [5.74, 6) is -0.353. The minimum absolute atomic E-state index is 0.197. The molecule has 0 heterocycles. The molecule has 1 aliphatic rings. The molecule has 19 heavy (non-hydrogen) atoms. The molecule has 106 valence electrons. The van der Waals surface area contributed by atoms with Gasteiger partial charge in [-0.15, -0.1) is 0 Å². The quantitative estimate of drug-likeness (QED) is 0.838. The van der Waals surface area contributed by atoms with Crippen LogP contribution in [0, 0.1) is 5.82 Å². The number of rotatable bonds is 5. The van der Waals surface area contributed by atoms with Gasteiger partial charge in [0.05, 0.1) is 5.02 Å². The van der Waals surface area contributed by atoms with Crippen molar-refractivity contribution in [1.82, 2.24) is 5.32 Å². The topological polar surface area (TPSA) is 12.0 Å². The predicted molar refractivity (Wildman–Crippen MR) is 82.5 cm³/mol. The van der Waals surface area contributed by atoms with E-state index < -0.39 is 0 Å². The largest absolute Gasteiger partial charge is 0.309 e. The zero-order valence-corrected chi connectivity index (χ0v) is 13.1. The Labute approximate surface area is 124 Å². The van der Waals surface area contributed by atoms with Crippen molar-refractivity contribution in [2.24, 2.45) is 0 Å². The molecular formula is C15H21ClFNS. The molecule has 0 aromatic heterocycles. The Kier molecular flexibility index (Phi) is 5.15. The summed E-state index contributed by atoms with van der Waals surface area (Å²) >= 11 is 7.81. The summed E-state index contributed by atoms with van der Waals surface area (Å²) in [6, 6.07) is 5.16. The molecule has 1 aromatic rings. The summed E-state index contributed by atoms with van der Waals surface area (Å²) in [6.07, 6.45) is 7.45. The van der Waals surface area contributed by atoms with E-state index >= 15 is 0 Å². The Hall–Kier alpha value is -0.250. The van der Waals surface area contributed by atoms with Crippen LogP contribution in [0.15, 0.2) is 18.2 Å². The van der Waals surface area contributed by atoms with Gasteiger partial charge in [0.25, 0.3) is 0 Å². The molecule has 0 bridgehead atoms. The highest BCUT2D eigenvalue weighted by Gasteiger charge is 2.32. The number of hydrogen-bond donors (Lipinski definition) is 1. The average Bonchev–Trinajstić information content (AvgIpc) is 2.89. The lowest BCUT2D eigenvalue weighted by Gasteiger charge is -2.29. The van der Waals surface area contributed by atoms with Gasteiger partial charge in [-0.1, -0.05) is 30.5 Å². The second-order valence-electron chi connectivity index (χ2n) is 5.37. The van der Waals surface area contributed by atoms with Gasteiger partial charge in [0.1, 0.15) is 5.82 Å². The van der Waals surface area contributed by atoms with E-state index in [2.05, 4.69) is 18.5 Å². The smallest absolute Gasteiger partial charge is 0.141 e. The van der Waals surface area contributed by atoms with E-state index in [4.69, 9.17) is 11.6 Å². The van der Waals surface area contributed by atoms with Crippen LogP contribution in [0.25, 0.3) is 0 Å². The fourth-order valence-corrected chi connectivity index (χ4v) is 3.82. The maximum Gasteiger partial charge on any atom is 0.141 e. The Bertz CT molecular complexity index is 432. The summed E-state index contributed by atoms with van der Waals surface area (Å²) in [6.45, 7) is 3.11. The van der Waals surface area contributed by atoms with Gasteiger partial charge >= 0.3 is 0 Å². The monoisotopic (exact) mass is 301 g/mol. The first kappa shape index (κ1) is 15.1. The highest BCUT2D eigenvalue weighted by Crippen LogP contribution is 2.40. The first-order valence-electron chi connectivity index (χ1n) is 6.80. The van der Waals surface area contributed by atoms with Crippen molar-refractivity contribution < 1.29 is 4.39 Å². The molecule has 0 spiro atoms. The van der Waals surface area contributed by atoms with Crippen LogP contribution in [0.4, 0.5) is 4.39 Å². The molecule has 2 rings (SSSR count). The Morgan fingerprint density at radius 1 is 1.42 bits per heavy atom. The number of nitrogens with one attached hydrogen (secondary N) is 1. The Morgan fingerprint density at radius 3 is 2.68 bits per heavy atom. The zero-order valence-electron chi connectivity index (χ0n) is 11.5. The van der Waals surface area contributed by atoms with Gasteiger partial charge < -0.3 is 5.32 Å². The van der Waals surface area contributed by atoms with Crippen LogP contribution in [0.3, 0.4) is 0 Å². The third-order valence-electron chi connectivity index (χ3n) is 4.12. The molecule has 1 nitrogen and oxygen atoms in total. The van der Waals surface area contributed by atoms with Crippen molar-refractivity contribution in [3.05, 3.63) is 34.6 Å². The minimum atomic E-state index is -0.353. The number of halogens is 2. The van der Waals surface area contributed by atoms with Crippen molar-refractivity contribution in [2.75, 3.05) is 12.8 Å². The molecule has 0 aliphatic heterocycles. The Morgan fingerprint density at radius 2 is 2.11 bits per heavy atom. The lowest BCUT2D eigenvalue weighted by Crippen LogP contribution is -2.36. The average molecular weight is 302 g/mol. The second-order valence-corrected chi connectivity index (χ2v) is 7.05. The van der Waals surface area contributed by atoms with Crippen molar-refractivity contribution in [3.63, 3.8) is 0 Å². The van der Waals surface area contributed by atoms with Gasteiger partial charge in [-0.25, -0.2) is 4.39 Å². The fraction of sp³-hybridized carbons (Fsp3) is 0.600. The molecule has 1 unspecified atom stereocenters. The van der Waals surface area contributed by atoms with E-state index in [1.807, 2.05) is 11.8 Å². The molecule has 0 radical (unpaired) electrons. The predicted octanol–water partition coefficient (Wildman–Crippen LogP) is 4.81. The van der Waals surface area contributed by atoms with Gasteiger partial charge in [0.2, 0.25) is 0 Å². The maximum atomic E-state index is 13.2. The third kappa shape index (κ3) is 3.65.